The lowest BCUT2D eigenvalue weighted by Crippen LogP contribution is -2.51. The summed E-state index contributed by atoms with van der Waals surface area (Å²) in [5, 5.41) is 15.6. The van der Waals surface area contributed by atoms with E-state index < -0.39 is 0 Å². The van der Waals surface area contributed by atoms with Crippen molar-refractivity contribution >= 4 is 22.7 Å². The zero-order chi connectivity index (χ0) is 25.7. The van der Waals surface area contributed by atoms with Crippen molar-refractivity contribution < 1.29 is 4.92 Å². The van der Waals surface area contributed by atoms with E-state index in [9.17, 15) is 10.1 Å². The molecule has 3 atom stereocenters. The van der Waals surface area contributed by atoms with Gasteiger partial charge in [-0.05, 0) is 95.7 Å². The largest absolute Gasteiger partial charge is 0.379 e. The van der Waals surface area contributed by atoms with Crippen LogP contribution >= 0.6 is 11.3 Å². The molecule has 0 unspecified atom stereocenters. The van der Waals surface area contributed by atoms with Gasteiger partial charge in [0.15, 0.2) is 0 Å². The van der Waals surface area contributed by atoms with Gasteiger partial charge in [-0.3, -0.25) is 10.1 Å². The van der Waals surface area contributed by atoms with Crippen LogP contribution in [0.1, 0.15) is 80.9 Å². The maximum Gasteiger partial charge on any atom is 0.292 e. The van der Waals surface area contributed by atoms with E-state index in [4.69, 9.17) is 0 Å². The topological polar surface area (TPSA) is 55.2 Å². The van der Waals surface area contributed by atoms with E-state index >= 15 is 0 Å². The number of hydrogen-bond acceptors (Lipinski definition) is 4. The number of thiophene rings is 1. The number of anilines is 1. The number of nitrogens with zero attached hydrogens (tertiary/aromatic N) is 1. The van der Waals surface area contributed by atoms with Gasteiger partial charge in [0, 0.05) is 22.4 Å². The Bertz CT molecular complexity index is 1300. The molecule has 0 radical (unpaired) electrons. The molecule has 0 spiro atoms. The second-order valence-electron chi connectivity index (χ2n) is 11.8. The smallest absolute Gasteiger partial charge is 0.292 e. The average Bonchev–Trinajstić information content (AvgIpc) is 3.28. The van der Waals surface area contributed by atoms with E-state index in [1.807, 2.05) is 18.2 Å². The molecule has 1 N–H and O–H groups in total. The van der Waals surface area contributed by atoms with E-state index in [0.29, 0.717) is 17.5 Å². The third-order valence-electron chi connectivity index (χ3n) is 9.07. The Labute approximate surface area is 219 Å². The number of hydrogen-bond donors (Lipinski definition) is 1. The van der Waals surface area contributed by atoms with Crippen molar-refractivity contribution in [1.29, 1.82) is 0 Å². The Morgan fingerprint density at radius 2 is 1.92 bits per heavy atom. The third kappa shape index (κ3) is 4.36. The molecule has 0 aliphatic heterocycles. The minimum Gasteiger partial charge on any atom is -0.379 e. The Morgan fingerprint density at radius 3 is 2.61 bits per heavy atom. The molecule has 0 saturated heterocycles. The lowest BCUT2D eigenvalue weighted by atomic mass is 9.49. The van der Waals surface area contributed by atoms with Crippen LogP contribution < -0.4 is 5.32 Å². The highest BCUT2D eigenvalue weighted by Crippen LogP contribution is 2.57. The van der Waals surface area contributed by atoms with Crippen LogP contribution in [0.25, 0.3) is 10.4 Å². The minimum absolute atomic E-state index is 0.0822. The standard InChI is InChI=1S/C31H38N2O2S/c1-20(2)22-8-11-25-23(17-22)10-14-29-30(4,15-6-16-31(25,29)5)19-32-26-12-9-24(18-27(26)33(34)35)28-13-7-21(3)36-28/h7-9,11-13,17-18,20,29,32H,6,10,14-16,19H2,1-5H3/t29-,30+,31+/m0/s1. The van der Waals surface area contributed by atoms with Crippen LogP contribution in [-0.2, 0) is 11.8 Å². The van der Waals surface area contributed by atoms with Crippen molar-refractivity contribution in [2.75, 3.05) is 11.9 Å². The highest BCUT2D eigenvalue weighted by molar-refractivity contribution is 7.15. The predicted molar refractivity (Wildman–Crippen MR) is 151 cm³/mol. The first-order valence-electron chi connectivity index (χ1n) is 13.3. The molecule has 1 heterocycles. The Hall–Kier alpha value is -2.66. The van der Waals surface area contributed by atoms with E-state index in [1.54, 1.807) is 17.4 Å². The molecule has 5 rings (SSSR count). The van der Waals surface area contributed by atoms with Crippen molar-refractivity contribution in [2.24, 2.45) is 11.3 Å². The zero-order valence-electron chi connectivity index (χ0n) is 22.2. The first-order valence-corrected chi connectivity index (χ1v) is 14.1. The Morgan fingerprint density at radius 1 is 1.11 bits per heavy atom. The van der Waals surface area contributed by atoms with Gasteiger partial charge in [-0.25, -0.2) is 0 Å². The quantitative estimate of drug-likeness (QED) is 0.270. The maximum absolute atomic E-state index is 12.0. The van der Waals surface area contributed by atoms with Crippen molar-refractivity contribution in [3.05, 3.63) is 80.2 Å². The van der Waals surface area contributed by atoms with Crippen molar-refractivity contribution in [3.63, 3.8) is 0 Å². The van der Waals surface area contributed by atoms with Gasteiger partial charge in [0.05, 0.1) is 4.92 Å². The molecule has 1 aromatic heterocycles. The van der Waals surface area contributed by atoms with E-state index in [-0.39, 0.29) is 21.4 Å². The van der Waals surface area contributed by atoms with Crippen LogP contribution in [0.3, 0.4) is 0 Å². The molecular formula is C31H38N2O2S. The summed E-state index contributed by atoms with van der Waals surface area (Å²) < 4.78 is 0. The van der Waals surface area contributed by atoms with Crippen molar-refractivity contribution in [1.82, 2.24) is 0 Å². The summed E-state index contributed by atoms with van der Waals surface area (Å²) >= 11 is 1.67. The van der Waals surface area contributed by atoms with Gasteiger partial charge >= 0.3 is 0 Å². The van der Waals surface area contributed by atoms with Crippen LogP contribution in [0.5, 0.6) is 0 Å². The number of aryl methyl sites for hydroxylation is 2. The molecule has 190 valence electrons. The summed E-state index contributed by atoms with van der Waals surface area (Å²) in [6, 6.07) is 16.9. The molecule has 0 bridgehead atoms. The first kappa shape index (κ1) is 25.0. The summed E-state index contributed by atoms with van der Waals surface area (Å²) in [5.74, 6) is 1.10. The van der Waals surface area contributed by atoms with Crippen LogP contribution in [0.15, 0.2) is 48.5 Å². The van der Waals surface area contributed by atoms with E-state index in [1.165, 1.54) is 40.8 Å². The van der Waals surface area contributed by atoms with Gasteiger partial charge in [0.25, 0.3) is 5.69 Å². The number of nitro groups is 1. The summed E-state index contributed by atoms with van der Waals surface area (Å²) in [4.78, 5) is 14.0. The Kier molecular flexibility index (Phi) is 6.48. The fraction of sp³-hybridized carbons (Fsp3) is 0.484. The zero-order valence-corrected chi connectivity index (χ0v) is 23.0. The summed E-state index contributed by atoms with van der Waals surface area (Å²) in [6.07, 6.45) is 5.87. The number of fused-ring (bicyclic) bond motifs is 3. The van der Waals surface area contributed by atoms with Gasteiger partial charge in [-0.15, -0.1) is 11.3 Å². The van der Waals surface area contributed by atoms with Crippen LogP contribution in [-0.4, -0.2) is 11.5 Å². The lowest BCUT2D eigenvalue weighted by molar-refractivity contribution is -0.383. The molecule has 2 aliphatic rings. The second-order valence-corrected chi connectivity index (χ2v) is 13.1. The minimum atomic E-state index is -0.247. The molecule has 2 aromatic carbocycles. The fourth-order valence-electron chi connectivity index (χ4n) is 7.09. The van der Waals surface area contributed by atoms with Gasteiger partial charge in [0.1, 0.15) is 5.69 Å². The summed E-state index contributed by atoms with van der Waals surface area (Å²) in [6.45, 7) is 12.2. The molecule has 36 heavy (non-hydrogen) atoms. The average molecular weight is 503 g/mol. The number of nitro benzene ring substituents is 1. The number of nitrogens with one attached hydrogen (secondary N) is 1. The molecular weight excluding hydrogens is 464 g/mol. The van der Waals surface area contributed by atoms with E-state index in [0.717, 1.165) is 29.8 Å². The van der Waals surface area contributed by atoms with Gasteiger partial charge in [-0.1, -0.05) is 58.4 Å². The first-order chi connectivity index (χ1) is 17.1. The molecule has 2 aliphatic carbocycles. The summed E-state index contributed by atoms with van der Waals surface area (Å²) in [5.41, 5.74) is 6.45. The van der Waals surface area contributed by atoms with Gasteiger partial charge in [0.2, 0.25) is 0 Å². The fourth-order valence-corrected chi connectivity index (χ4v) is 7.95. The molecule has 1 saturated carbocycles. The molecule has 1 fully saturated rings. The third-order valence-corrected chi connectivity index (χ3v) is 10.1. The van der Waals surface area contributed by atoms with Gasteiger partial charge in [-0.2, -0.15) is 0 Å². The predicted octanol–water partition coefficient (Wildman–Crippen LogP) is 8.88. The second kappa shape index (κ2) is 9.33. The SMILES string of the molecule is Cc1ccc(-c2ccc(NC[C@@]3(C)CCC[C@]4(C)c5ccc(C(C)C)cc5CC[C@@H]34)c([N+](=O)[O-])c2)s1. The normalized spacial score (nSPS) is 25.3. The van der Waals surface area contributed by atoms with Crippen LogP contribution in [0, 0.1) is 28.4 Å². The molecule has 0 amide bonds. The lowest BCUT2D eigenvalue weighted by Gasteiger charge is -2.55. The monoisotopic (exact) mass is 502 g/mol. The Balaban J connectivity index is 1.41. The highest BCUT2D eigenvalue weighted by atomic mass is 32.1. The van der Waals surface area contributed by atoms with Gasteiger partial charge < -0.3 is 5.32 Å². The molecule has 5 heteroatoms. The highest BCUT2D eigenvalue weighted by Gasteiger charge is 2.51. The molecule has 3 aromatic rings. The molecule has 4 nitrogen and oxygen atoms in total. The van der Waals surface area contributed by atoms with E-state index in [2.05, 4.69) is 64.2 Å². The van der Waals surface area contributed by atoms with Crippen molar-refractivity contribution in [2.45, 2.75) is 78.1 Å². The van der Waals surface area contributed by atoms with Crippen molar-refractivity contribution in [3.8, 4) is 10.4 Å². The van der Waals surface area contributed by atoms with Crippen LogP contribution in [0.2, 0.25) is 0 Å². The summed E-state index contributed by atoms with van der Waals surface area (Å²) in [7, 11) is 0. The maximum atomic E-state index is 12.0. The number of rotatable bonds is 6. The number of benzene rings is 2. The van der Waals surface area contributed by atoms with Crippen LogP contribution in [0.4, 0.5) is 11.4 Å².